The summed E-state index contributed by atoms with van der Waals surface area (Å²) in [5.74, 6) is -0.160. The Kier molecular flexibility index (Phi) is 7.18. The van der Waals surface area contributed by atoms with Crippen LogP contribution in [-0.2, 0) is 14.8 Å². The summed E-state index contributed by atoms with van der Waals surface area (Å²) in [6, 6.07) is 12.6. The first-order valence-corrected chi connectivity index (χ1v) is 10.4. The van der Waals surface area contributed by atoms with Crippen molar-refractivity contribution >= 4 is 27.3 Å². The fourth-order valence-electron chi connectivity index (χ4n) is 2.53. The molecule has 8 heteroatoms. The molecule has 0 fully saturated rings. The number of sulfonamides is 1. The smallest absolute Gasteiger partial charge is 0.232 e. The molecule has 2 rings (SSSR count). The maximum atomic E-state index is 13.9. The summed E-state index contributed by atoms with van der Waals surface area (Å²) in [6.45, 7) is 2.46. The van der Waals surface area contributed by atoms with Crippen molar-refractivity contribution in [3.05, 3.63) is 54.3 Å². The zero-order valence-electron chi connectivity index (χ0n) is 15.3. The van der Waals surface area contributed by atoms with E-state index in [-0.39, 0.29) is 31.0 Å². The van der Waals surface area contributed by atoms with Crippen molar-refractivity contribution < 1.29 is 22.3 Å². The highest BCUT2D eigenvalue weighted by Gasteiger charge is 2.20. The fraction of sp³-hybridized carbons (Fsp3) is 0.316. The lowest BCUT2D eigenvalue weighted by molar-refractivity contribution is -0.116. The average molecular weight is 394 g/mol. The van der Waals surface area contributed by atoms with Gasteiger partial charge in [-0.2, -0.15) is 0 Å². The number of benzene rings is 2. The van der Waals surface area contributed by atoms with Gasteiger partial charge in [-0.25, -0.2) is 12.8 Å². The molecule has 2 aromatic rings. The zero-order chi connectivity index (χ0) is 19.9. The Morgan fingerprint density at radius 1 is 1.15 bits per heavy atom. The number of nitrogens with zero attached hydrogens (tertiary/aromatic N) is 1. The lowest BCUT2D eigenvalue weighted by atomic mass is 10.2. The fourth-order valence-corrected chi connectivity index (χ4v) is 3.49. The number of carbonyl (C=O) groups excluding carboxylic acids is 1. The van der Waals surface area contributed by atoms with Gasteiger partial charge in [0, 0.05) is 18.7 Å². The van der Waals surface area contributed by atoms with Gasteiger partial charge < -0.3 is 10.1 Å². The summed E-state index contributed by atoms with van der Waals surface area (Å²) < 4.78 is 44.2. The SMILES string of the molecule is CCOc1ccc(NC(=O)CCCN(c2ccccc2F)S(C)(=O)=O)cc1. The molecule has 1 amide bonds. The summed E-state index contributed by atoms with van der Waals surface area (Å²) in [7, 11) is -3.66. The minimum absolute atomic E-state index is 0.0104. The third kappa shape index (κ3) is 6.25. The van der Waals surface area contributed by atoms with Gasteiger partial charge in [0.15, 0.2) is 0 Å². The van der Waals surface area contributed by atoms with Gasteiger partial charge in [-0.15, -0.1) is 0 Å². The van der Waals surface area contributed by atoms with E-state index in [9.17, 15) is 17.6 Å². The molecule has 0 radical (unpaired) electrons. The number of ether oxygens (including phenoxy) is 1. The van der Waals surface area contributed by atoms with Crippen LogP contribution in [0.2, 0.25) is 0 Å². The van der Waals surface area contributed by atoms with Gasteiger partial charge in [-0.05, 0) is 49.7 Å². The molecule has 0 bridgehead atoms. The molecular weight excluding hydrogens is 371 g/mol. The van der Waals surface area contributed by atoms with Crippen molar-refractivity contribution in [2.45, 2.75) is 19.8 Å². The second kappa shape index (κ2) is 9.36. The van der Waals surface area contributed by atoms with E-state index in [0.29, 0.717) is 18.0 Å². The van der Waals surface area contributed by atoms with Crippen LogP contribution in [0.3, 0.4) is 0 Å². The van der Waals surface area contributed by atoms with E-state index in [1.54, 1.807) is 30.3 Å². The molecule has 2 aromatic carbocycles. The quantitative estimate of drug-likeness (QED) is 0.707. The Morgan fingerprint density at radius 3 is 2.41 bits per heavy atom. The molecule has 0 aliphatic heterocycles. The van der Waals surface area contributed by atoms with E-state index in [0.717, 1.165) is 10.6 Å². The average Bonchev–Trinajstić information content (AvgIpc) is 2.61. The van der Waals surface area contributed by atoms with Crippen LogP contribution in [0, 0.1) is 5.82 Å². The molecule has 0 spiro atoms. The van der Waals surface area contributed by atoms with Gasteiger partial charge in [0.1, 0.15) is 11.6 Å². The Labute approximate surface area is 159 Å². The van der Waals surface area contributed by atoms with E-state index in [1.807, 2.05) is 6.92 Å². The molecule has 0 aliphatic rings. The highest BCUT2D eigenvalue weighted by atomic mass is 32.2. The third-order valence-electron chi connectivity index (χ3n) is 3.74. The van der Waals surface area contributed by atoms with Crippen LogP contribution in [0.5, 0.6) is 5.75 Å². The molecule has 0 aromatic heterocycles. The number of hydrogen-bond donors (Lipinski definition) is 1. The number of rotatable bonds is 9. The number of para-hydroxylation sites is 1. The molecule has 0 atom stereocenters. The van der Waals surface area contributed by atoms with Crippen LogP contribution in [0.4, 0.5) is 15.8 Å². The molecular formula is C19H23FN2O4S. The zero-order valence-corrected chi connectivity index (χ0v) is 16.1. The molecule has 0 heterocycles. The van der Waals surface area contributed by atoms with Gasteiger partial charge in [-0.3, -0.25) is 9.10 Å². The Hall–Kier alpha value is -2.61. The highest BCUT2D eigenvalue weighted by molar-refractivity contribution is 7.92. The second-order valence-corrected chi connectivity index (χ2v) is 7.80. The topological polar surface area (TPSA) is 75.7 Å². The molecule has 146 valence electrons. The predicted octanol–water partition coefficient (Wildman–Crippen LogP) is 3.41. The van der Waals surface area contributed by atoms with Crippen molar-refractivity contribution in [2.75, 3.05) is 29.0 Å². The van der Waals surface area contributed by atoms with Crippen molar-refractivity contribution in [1.29, 1.82) is 0 Å². The van der Waals surface area contributed by atoms with E-state index < -0.39 is 15.8 Å². The predicted molar refractivity (Wildman–Crippen MR) is 104 cm³/mol. The molecule has 0 saturated carbocycles. The second-order valence-electron chi connectivity index (χ2n) is 5.90. The Balaban J connectivity index is 1.92. The number of amides is 1. The first kappa shape index (κ1) is 20.7. The molecule has 0 aliphatic carbocycles. The van der Waals surface area contributed by atoms with Crippen LogP contribution < -0.4 is 14.4 Å². The van der Waals surface area contributed by atoms with E-state index in [1.165, 1.54) is 18.2 Å². The van der Waals surface area contributed by atoms with Crippen molar-refractivity contribution in [2.24, 2.45) is 0 Å². The standard InChI is InChI=1S/C19H23FN2O4S/c1-3-26-16-12-10-15(11-13-16)21-19(23)9-6-14-22(27(2,24)25)18-8-5-4-7-17(18)20/h4-5,7-8,10-13H,3,6,9,14H2,1-2H3,(H,21,23). The Morgan fingerprint density at radius 2 is 1.81 bits per heavy atom. The summed E-state index contributed by atoms with van der Waals surface area (Å²) in [5, 5.41) is 2.74. The molecule has 27 heavy (non-hydrogen) atoms. The summed E-state index contributed by atoms with van der Waals surface area (Å²) >= 11 is 0. The molecule has 6 nitrogen and oxygen atoms in total. The van der Waals surface area contributed by atoms with E-state index in [2.05, 4.69) is 5.32 Å². The number of carbonyl (C=O) groups is 1. The van der Waals surface area contributed by atoms with Crippen molar-refractivity contribution in [3.63, 3.8) is 0 Å². The lowest BCUT2D eigenvalue weighted by Crippen LogP contribution is -2.32. The number of nitrogens with one attached hydrogen (secondary N) is 1. The van der Waals surface area contributed by atoms with Crippen LogP contribution in [-0.4, -0.2) is 33.7 Å². The number of halogens is 1. The van der Waals surface area contributed by atoms with Crippen molar-refractivity contribution in [1.82, 2.24) is 0 Å². The van der Waals surface area contributed by atoms with Crippen LogP contribution in [0.1, 0.15) is 19.8 Å². The van der Waals surface area contributed by atoms with Crippen LogP contribution in [0.15, 0.2) is 48.5 Å². The van der Waals surface area contributed by atoms with Gasteiger partial charge in [0.25, 0.3) is 0 Å². The minimum Gasteiger partial charge on any atom is -0.494 e. The summed E-state index contributed by atoms with van der Waals surface area (Å²) in [6.07, 6.45) is 1.37. The van der Waals surface area contributed by atoms with E-state index in [4.69, 9.17) is 4.74 Å². The van der Waals surface area contributed by atoms with Gasteiger partial charge >= 0.3 is 0 Å². The summed E-state index contributed by atoms with van der Waals surface area (Å²) in [4.78, 5) is 12.1. The highest BCUT2D eigenvalue weighted by Crippen LogP contribution is 2.22. The lowest BCUT2D eigenvalue weighted by Gasteiger charge is -2.22. The van der Waals surface area contributed by atoms with Gasteiger partial charge in [0.05, 0.1) is 18.6 Å². The van der Waals surface area contributed by atoms with Crippen LogP contribution >= 0.6 is 0 Å². The monoisotopic (exact) mass is 394 g/mol. The third-order valence-corrected chi connectivity index (χ3v) is 4.92. The summed E-state index contributed by atoms with van der Waals surface area (Å²) in [5.41, 5.74) is 0.601. The number of hydrogen-bond acceptors (Lipinski definition) is 4. The molecule has 0 saturated heterocycles. The maximum absolute atomic E-state index is 13.9. The van der Waals surface area contributed by atoms with Crippen LogP contribution in [0.25, 0.3) is 0 Å². The first-order chi connectivity index (χ1) is 12.8. The Bertz CT molecular complexity index is 870. The largest absolute Gasteiger partial charge is 0.494 e. The first-order valence-electron chi connectivity index (χ1n) is 8.56. The van der Waals surface area contributed by atoms with Gasteiger partial charge in [-0.1, -0.05) is 12.1 Å². The normalized spacial score (nSPS) is 11.1. The van der Waals surface area contributed by atoms with E-state index >= 15 is 0 Å². The minimum atomic E-state index is -3.66. The molecule has 0 unspecified atom stereocenters. The van der Waals surface area contributed by atoms with Gasteiger partial charge in [0.2, 0.25) is 15.9 Å². The van der Waals surface area contributed by atoms with Crippen molar-refractivity contribution in [3.8, 4) is 5.75 Å². The maximum Gasteiger partial charge on any atom is 0.232 e. The molecule has 1 N–H and O–H groups in total. The number of anilines is 2.